The van der Waals surface area contributed by atoms with Crippen molar-refractivity contribution >= 4 is 27.6 Å². The second-order valence-corrected chi connectivity index (χ2v) is 9.25. The highest BCUT2D eigenvalue weighted by Gasteiger charge is 2.34. The number of ether oxygens (including phenoxy) is 2. The van der Waals surface area contributed by atoms with Gasteiger partial charge in [0.15, 0.2) is 11.5 Å². The quantitative estimate of drug-likeness (QED) is 0.481. The highest BCUT2D eigenvalue weighted by molar-refractivity contribution is 7.89. The van der Waals surface area contributed by atoms with Crippen LogP contribution in [0, 0.1) is 5.92 Å². The number of carbonyl (C=O) groups is 1. The van der Waals surface area contributed by atoms with Gasteiger partial charge < -0.3 is 9.47 Å². The number of rotatable bonds is 7. The van der Waals surface area contributed by atoms with E-state index >= 15 is 0 Å². The number of carbonyl (C=O) groups excluding carboxylic acids is 1. The number of halogens is 1. The van der Waals surface area contributed by atoms with Crippen LogP contribution < -0.4 is 9.47 Å². The van der Waals surface area contributed by atoms with E-state index in [1.807, 2.05) is 13.0 Å². The molecule has 8 heteroatoms. The molecule has 2 aromatic rings. The van der Waals surface area contributed by atoms with E-state index in [9.17, 15) is 13.2 Å². The summed E-state index contributed by atoms with van der Waals surface area (Å²) < 4.78 is 38.3. The second-order valence-electron chi connectivity index (χ2n) is 6.87. The van der Waals surface area contributed by atoms with Crippen molar-refractivity contribution in [2.45, 2.75) is 31.1 Å². The number of hydrogen-bond donors (Lipinski definition) is 0. The molecule has 0 bridgehead atoms. The van der Waals surface area contributed by atoms with Crippen LogP contribution in [-0.2, 0) is 14.8 Å². The molecule has 1 unspecified atom stereocenters. The molecule has 0 saturated carbocycles. The fourth-order valence-corrected chi connectivity index (χ4v) is 4.82. The lowest BCUT2D eigenvalue weighted by atomic mass is 10.00. The normalized spacial score (nSPS) is 17.7. The topological polar surface area (TPSA) is 72.9 Å². The molecule has 1 atom stereocenters. The maximum absolute atomic E-state index is 12.9. The minimum absolute atomic E-state index is 0.0851. The molecule has 1 aliphatic rings. The Morgan fingerprint density at radius 3 is 2.52 bits per heavy atom. The van der Waals surface area contributed by atoms with Gasteiger partial charge in [-0.2, -0.15) is 4.31 Å². The molecule has 2 aromatic carbocycles. The smallest absolute Gasteiger partial charge is 0.315 e. The van der Waals surface area contributed by atoms with Gasteiger partial charge in [0, 0.05) is 18.1 Å². The molecule has 1 saturated heterocycles. The van der Waals surface area contributed by atoms with Gasteiger partial charge in [-0.25, -0.2) is 8.42 Å². The summed E-state index contributed by atoms with van der Waals surface area (Å²) >= 11 is 5.85. The van der Waals surface area contributed by atoms with Crippen molar-refractivity contribution in [2.75, 3.05) is 19.7 Å². The van der Waals surface area contributed by atoms with E-state index in [1.54, 1.807) is 18.2 Å². The van der Waals surface area contributed by atoms with Gasteiger partial charge in [-0.05, 0) is 55.7 Å². The molecule has 0 aromatic heterocycles. The van der Waals surface area contributed by atoms with Crippen LogP contribution in [0.2, 0.25) is 5.02 Å². The molecule has 0 spiro atoms. The Kier molecular flexibility index (Phi) is 7.16. The maximum Gasteiger partial charge on any atom is 0.315 e. The maximum atomic E-state index is 12.9. The third kappa shape index (κ3) is 5.29. The van der Waals surface area contributed by atoms with Crippen molar-refractivity contribution in [1.29, 1.82) is 0 Å². The van der Waals surface area contributed by atoms with Crippen molar-refractivity contribution in [3.05, 3.63) is 53.6 Å². The monoisotopic (exact) mass is 437 g/mol. The summed E-state index contributed by atoms with van der Waals surface area (Å²) in [6.45, 7) is 2.96. The first-order valence-electron chi connectivity index (χ1n) is 9.61. The molecule has 0 N–H and O–H groups in total. The predicted molar refractivity (Wildman–Crippen MR) is 111 cm³/mol. The van der Waals surface area contributed by atoms with Gasteiger partial charge in [-0.15, -0.1) is 0 Å². The van der Waals surface area contributed by atoms with Crippen molar-refractivity contribution in [3.8, 4) is 11.5 Å². The number of nitrogens with zero attached hydrogens (tertiary/aromatic N) is 1. The molecular formula is C21H24ClNO5S. The van der Waals surface area contributed by atoms with E-state index in [2.05, 4.69) is 0 Å². The van der Waals surface area contributed by atoms with Crippen LogP contribution in [0.15, 0.2) is 53.4 Å². The average Bonchev–Trinajstić information content (AvgIpc) is 2.73. The lowest BCUT2D eigenvalue weighted by molar-refractivity contribution is -0.140. The number of hydrogen-bond acceptors (Lipinski definition) is 5. The van der Waals surface area contributed by atoms with Crippen molar-refractivity contribution in [2.24, 2.45) is 5.92 Å². The van der Waals surface area contributed by atoms with Gasteiger partial charge in [-0.1, -0.05) is 30.7 Å². The summed E-state index contributed by atoms with van der Waals surface area (Å²) in [6.07, 6.45) is 1.99. The van der Waals surface area contributed by atoms with Crippen molar-refractivity contribution in [1.82, 2.24) is 4.31 Å². The number of benzene rings is 2. The predicted octanol–water partition coefficient (Wildman–Crippen LogP) is 4.14. The lowest BCUT2D eigenvalue weighted by Crippen LogP contribution is -2.43. The van der Waals surface area contributed by atoms with Gasteiger partial charge in [0.05, 0.1) is 17.4 Å². The summed E-state index contributed by atoms with van der Waals surface area (Å²) in [7, 11) is -3.70. The van der Waals surface area contributed by atoms with E-state index in [1.165, 1.54) is 28.6 Å². The zero-order valence-corrected chi connectivity index (χ0v) is 17.8. The van der Waals surface area contributed by atoms with Crippen LogP contribution in [0.25, 0.3) is 0 Å². The minimum atomic E-state index is -3.70. The van der Waals surface area contributed by atoms with Crippen LogP contribution in [-0.4, -0.2) is 38.4 Å². The molecule has 0 amide bonds. The third-order valence-electron chi connectivity index (χ3n) is 4.69. The minimum Gasteiger partial charge on any atom is -0.490 e. The highest BCUT2D eigenvalue weighted by Crippen LogP contribution is 2.30. The Morgan fingerprint density at radius 2 is 1.83 bits per heavy atom. The largest absolute Gasteiger partial charge is 0.490 e. The molecule has 0 aliphatic carbocycles. The number of piperidine rings is 1. The molecule has 0 radical (unpaired) electrons. The van der Waals surface area contributed by atoms with E-state index in [-0.39, 0.29) is 11.4 Å². The zero-order chi connectivity index (χ0) is 20.9. The first-order chi connectivity index (χ1) is 13.9. The first-order valence-corrected chi connectivity index (χ1v) is 11.4. The summed E-state index contributed by atoms with van der Waals surface area (Å²) in [6, 6.07) is 13.0. The fraction of sp³-hybridized carbons (Fsp3) is 0.381. The van der Waals surface area contributed by atoms with Gasteiger partial charge in [-0.3, -0.25) is 4.79 Å². The molecule has 1 heterocycles. The van der Waals surface area contributed by atoms with E-state index < -0.39 is 21.9 Å². The van der Waals surface area contributed by atoms with Crippen LogP contribution >= 0.6 is 11.6 Å². The molecule has 156 valence electrons. The molecular weight excluding hydrogens is 414 g/mol. The van der Waals surface area contributed by atoms with Gasteiger partial charge in [0.25, 0.3) is 0 Å². The SMILES string of the molecule is CCCOc1ccccc1OC(=O)C1CCCN(S(=O)(=O)c2ccc(Cl)cc2)C1. The average molecular weight is 438 g/mol. The summed E-state index contributed by atoms with van der Waals surface area (Å²) in [5.41, 5.74) is 0. The number of esters is 1. The highest BCUT2D eigenvalue weighted by atomic mass is 35.5. The Balaban J connectivity index is 1.71. The second kappa shape index (κ2) is 9.61. The van der Waals surface area contributed by atoms with Crippen LogP contribution in [0.3, 0.4) is 0 Å². The molecule has 1 aliphatic heterocycles. The summed E-state index contributed by atoms with van der Waals surface area (Å²) in [4.78, 5) is 12.9. The molecule has 3 rings (SSSR count). The molecule has 6 nitrogen and oxygen atoms in total. The van der Waals surface area contributed by atoms with Crippen LogP contribution in [0.1, 0.15) is 26.2 Å². The standard InChI is InChI=1S/C21H24ClNO5S/c1-2-14-27-19-7-3-4-8-20(19)28-21(24)16-6-5-13-23(15-16)29(25,26)18-11-9-17(22)10-12-18/h3-4,7-12,16H,2,5-6,13-15H2,1H3. The number of sulfonamides is 1. The zero-order valence-electron chi connectivity index (χ0n) is 16.2. The van der Waals surface area contributed by atoms with Gasteiger partial charge >= 0.3 is 5.97 Å². The summed E-state index contributed by atoms with van der Waals surface area (Å²) in [5, 5.41) is 0.466. The Morgan fingerprint density at radius 1 is 1.14 bits per heavy atom. The number of para-hydroxylation sites is 2. The Hall–Kier alpha value is -2.09. The Labute approximate surface area is 176 Å². The van der Waals surface area contributed by atoms with E-state index in [0.29, 0.717) is 42.5 Å². The first kappa shape index (κ1) is 21.6. The van der Waals surface area contributed by atoms with Crippen LogP contribution in [0.5, 0.6) is 11.5 Å². The van der Waals surface area contributed by atoms with Crippen molar-refractivity contribution in [3.63, 3.8) is 0 Å². The van der Waals surface area contributed by atoms with E-state index in [4.69, 9.17) is 21.1 Å². The summed E-state index contributed by atoms with van der Waals surface area (Å²) in [5.74, 6) is -0.133. The molecule has 1 fully saturated rings. The van der Waals surface area contributed by atoms with Crippen molar-refractivity contribution < 1.29 is 22.7 Å². The van der Waals surface area contributed by atoms with Gasteiger partial charge in [0.2, 0.25) is 10.0 Å². The molecule has 29 heavy (non-hydrogen) atoms. The Bertz CT molecular complexity index is 946. The lowest BCUT2D eigenvalue weighted by Gasteiger charge is -2.30. The van der Waals surface area contributed by atoms with E-state index in [0.717, 1.165) is 6.42 Å². The van der Waals surface area contributed by atoms with Gasteiger partial charge in [0.1, 0.15) is 0 Å². The fourth-order valence-electron chi connectivity index (χ4n) is 3.17. The third-order valence-corrected chi connectivity index (χ3v) is 6.82. The van der Waals surface area contributed by atoms with Crippen LogP contribution in [0.4, 0.5) is 0 Å².